The Morgan fingerprint density at radius 1 is 1.44 bits per heavy atom. The Morgan fingerprint density at radius 3 is 2.89 bits per heavy atom. The van der Waals surface area contributed by atoms with Gasteiger partial charge in [-0.2, -0.15) is 0 Å². The molecule has 1 atom stereocenters. The van der Waals surface area contributed by atoms with Crippen LogP contribution in [0.4, 0.5) is 4.39 Å². The predicted octanol–water partition coefficient (Wildman–Crippen LogP) is 2.77. The zero-order valence-electron chi connectivity index (χ0n) is 11.2. The summed E-state index contributed by atoms with van der Waals surface area (Å²) >= 11 is 0. The molecule has 0 spiro atoms. The van der Waals surface area contributed by atoms with Crippen molar-refractivity contribution in [2.75, 3.05) is 19.8 Å². The van der Waals surface area contributed by atoms with Crippen molar-refractivity contribution in [1.29, 1.82) is 0 Å². The van der Waals surface area contributed by atoms with Crippen LogP contribution >= 0.6 is 0 Å². The Hall–Kier alpha value is -0.930. The molecule has 3 heteroatoms. The zero-order chi connectivity index (χ0) is 13.0. The van der Waals surface area contributed by atoms with Gasteiger partial charge >= 0.3 is 0 Å². The number of rotatable bonds is 5. The van der Waals surface area contributed by atoms with Crippen LogP contribution in [0.2, 0.25) is 0 Å². The van der Waals surface area contributed by atoms with Crippen LogP contribution in [0.3, 0.4) is 0 Å². The average Bonchev–Trinajstić information content (AvgIpc) is 2.76. The van der Waals surface area contributed by atoms with Crippen LogP contribution in [-0.2, 0) is 11.2 Å². The molecule has 1 saturated heterocycles. The Balaban J connectivity index is 2.06. The van der Waals surface area contributed by atoms with Gasteiger partial charge in [0, 0.05) is 24.6 Å². The van der Waals surface area contributed by atoms with Crippen molar-refractivity contribution in [3.05, 3.63) is 35.6 Å². The van der Waals surface area contributed by atoms with E-state index >= 15 is 0 Å². The summed E-state index contributed by atoms with van der Waals surface area (Å²) in [4.78, 5) is 0. The van der Waals surface area contributed by atoms with Gasteiger partial charge in [-0.15, -0.1) is 0 Å². The van der Waals surface area contributed by atoms with Crippen molar-refractivity contribution < 1.29 is 9.13 Å². The molecule has 0 radical (unpaired) electrons. The van der Waals surface area contributed by atoms with Crippen LogP contribution < -0.4 is 5.32 Å². The third-order valence-corrected chi connectivity index (χ3v) is 3.54. The maximum atomic E-state index is 13.2. The van der Waals surface area contributed by atoms with Crippen molar-refractivity contribution in [1.82, 2.24) is 5.32 Å². The highest BCUT2D eigenvalue weighted by Gasteiger charge is 2.34. The standard InChI is InChI=1S/C15H22FNO/c1-12(2)17-10-15(6-7-18-11-15)9-13-4-3-5-14(16)8-13/h3-5,8,12,17H,6-7,9-11H2,1-2H3. The molecule has 1 aliphatic heterocycles. The minimum absolute atomic E-state index is 0.123. The van der Waals surface area contributed by atoms with Crippen LogP contribution in [0.25, 0.3) is 0 Å². The molecule has 18 heavy (non-hydrogen) atoms. The molecule has 1 fully saturated rings. The zero-order valence-corrected chi connectivity index (χ0v) is 11.2. The van der Waals surface area contributed by atoms with Gasteiger partial charge < -0.3 is 10.1 Å². The smallest absolute Gasteiger partial charge is 0.123 e. The summed E-state index contributed by atoms with van der Waals surface area (Å²) < 4.78 is 18.8. The van der Waals surface area contributed by atoms with Crippen molar-refractivity contribution in [3.63, 3.8) is 0 Å². The van der Waals surface area contributed by atoms with E-state index < -0.39 is 0 Å². The quantitative estimate of drug-likeness (QED) is 0.869. The summed E-state index contributed by atoms with van der Waals surface area (Å²) in [6.07, 6.45) is 1.92. The highest BCUT2D eigenvalue weighted by Crippen LogP contribution is 2.32. The van der Waals surface area contributed by atoms with Crippen LogP contribution in [-0.4, -0.2) is 25.8 Å². The number of hydrogen-bond acceptors (Lipinski definition) is 2. The largest absolute Gasteiger partial charge is 0.381 e. The van der Waals surface area contributed by atoms with E-state index in [9.17, 15) is 4.39 Å². The monoisotopic (exact) mass is 251 g/mol. The minimum atomic E-state index is -0.154. The van der Waals surface area contributed by atoms with Crippen molar-refractivity contribution in [3.8, 4) is 0 Å². The lowest BCUT2D eigenvalue weighted by atomic mass is 9.80. The van der Waals surface area contributed by atoms with Crippen LogP contribution in [0, 0.1) is 11.2 Å². The Labute approximate surface area is 109 Å². The minimum Gasteiger partial charge on any atom is -0.381 e. The lowest BCUT2D eigenvalue weighted by Crippen LogP contribution is -2.39. The lowest BCUT2D eigenvalue weighted by molar-refractivity contribution is 0.148. The number of nitrogens with one attached hydrogen (secondary N) is 1. The molecule has 2 nitrogen and oxygen atoms in total. The number of halogens is 1. The summed E-state index contributed by atoms with van der Waals surface area (Å²) in [7, 11) is 0. The fraction of sp³-hybridized carbons (Fsp3) is 0.600. The first kappa shape index (κ1) is 13.5. The molecule has 0 bridgehead atoms. The van der Waals surface area contributed by atoms with Crippen LogP contribution in [0.1, 0.15) is 25.8 Å². The molecule has 0 amide bonds. The molecule has 1 unspecified atom stereocenters. The van der Waals surface area contributed by atoms with Crippen molar-refractivity contribution >= 4 is 0 Å². The van der Waals surface area contributed by atoms with Gasteiger partial charge in [-0.25, -0.2) is 4.39 Å². The summed E-state index contributed by atoms with van der Waals surface area (Å²) in [5.74, 6) is -0.154. The Morgan fingerprint density at radius 2 is 2.28 bits per heavy atom. The van der Waals surface area contributed by atoms with Gasteiger partial charge in [0.05, 0.1) is 6.61 Å². The van der Waals surface area contributed by atoms with Gasteiger partial charge in [0.25, 0.3) is 0 Å². The van der Waals surface area contributed by atoms with E-state index in [1.165, 1.54) is 6.07 Å². The molecule has 1 aromatic rings. The summed E-state index contributed by atoms with van der Waals surface area (Å²) in [5.41, 5.74) is 1.18. The summed E-state index contributed by atoms with van der Waals surface area (Å²) in [6.45, 7) is 6.80. The topological polar surface area (TPSA) is 21.3 Å². The van der Waals surface area contributed by atoms with Gasteiger partial charge in [0.15, 0.2) is 0 Å². The maximum Gasteiger partial charge on any atom is 0.123 e. The second kappa shape index (κ2) is 5.81. The highest BCUT2D eigenvalue weighted by atomic mass is 19.1. The predicted molar refractivity (Wildman–Crippen MR) is 71.1 cm³/mol. The van der Waals surface area contributed by atoms with Crippen LogP contribution in [0.5, 0.6) is 0 Å². The van der Waals surface area contributed by atoms with E-state index in [4.69, 9.17) is 4.74 Å². The second-order valence-electron chi connectivity index (χ2n) is 5.64. The molecule has 0 saturated carbocycles. The van der Waals surface area contributed by atoms with Crippen molar-refractivity contribution in [2.45, 2.75) is 32.7 Å². The van der Waals surface area contributed by atoms with E-state index in [1.54, 1.807) is 12.1 Å². The van der Waals surface area contributed by atoms with E-state index in [0.29, 0.717) is 6.04 Å². The fourth-order valence-corrected chi connectivity index (χ4v) is 2.49. The molecule has 0 aliphatic carbocycles. The van der Waals surface area contributed by atoms with Crippen LogP contribution in [0.15, 0.2) is 24.3 Å². The van der Waals surface area contributed by atoms with Gasteiger partial charge in [0.1, 0.15) is 5.82 Å². The van der Waals surface area contributed by atoms with E-state index in [0.717, 1.165) is 38.2 Å². The Kier molecular flexibility index (Phi) is 4.36. The highest BCUT2D eigenvalue weighted by molar-refractivity contribution is 5.18. The molecular weight excluding hydrogens is 229 g/mol. The molecule has 2 rings (SSSR count). The molecule has 1 heterocycles. The van der Waals surface area contributed by atoms with Gasteiger partial charge in [0.2, 0.25) is 0 Å². The molecule has 1 N–H and O–H groups in total. The third kappa shape index (κ3) is 3.53. The Bertz CT molecular complexity index is 386. The second-order valence-corrected chi connectivity index (χ2v) is 5.64. The maximum absolute atomic E-state index is 13.2. The van der Waals surface area contributed by atoms with Gasteiger partial charge in [-0.3, -0.25) is 0 Å². The number of benzene rings is 1. The normalized spacial score (nSPS) is 23.8. The first-order chi connectivity index (χ1) is 8.60. The third-order valence-electron chi connectivity index (χ3n) is 3.54. The molecule has 1 aliphatic rings. The van der Waals surface area contributed by atoms with E-state index in [1.807, 2.05) is 6.07 Å². The SMILES string of the molecule is CC(C)NCC1(Cc2cccc(F)c2)CCOC1. The molecule has 100 valence electrons. The lowest BCUT2D eigenvalue weighted by Gasteiger charge is -2.29. The molecule has 0 aromatic heterocycles. The van der Waals surface area contributed by atoms with Gasteiger partial charge in [-0.05, 0) is 30.5 Å². The molecule has 1 aromatic carbocycles. The number of ether oxygens (including phenoxy) is 1. The van der Waals surface area contributed by atoms with E-state index in [-0.39, 0.29) is 11.2 Å². The van der Waals surface area contributed by atoms with E-state index in [2.05, 4.69) is 19.2 Å². The summed E-state index contributed by atoms with van der Waals surface area (Å²) in [5, 5.41) is 3.49. The fourth-order valence-electron chi connectivity index (χ4n) is 2.49. The van der Waals surface area contributed by atoms with Gasteiger partial charge in [-0.1, -0.05) is 26.0 Å². The summed E-state index contributed by atoms with van der Waals surface area (Å²) in [6, 6.07) is 7.38. The first-order valence-electron chi connectivity index (χ1n) is 6.65. The average molecular weight is 251 g/mol. The van der Waals surface area contributed by atoms with Crippen molar-refractivity contribution in [2.24, 2.45) is 5.41 Å². The molecular formula is C15H22FNO. The number of hydrogen-bond donors (Lipinski definition) is 1. The first-order valence-corrected chi connectivity index (χ1v) is 6.65.